The predicted octanol–water partition coefficient (Wildman–Crippen LogP) is 3.17. The zero-order chi connectivity index (χ0) is 25.0. The number of thioether (sulfide) groups is 1. The minimum absolute atomic E-state index is 0.101. The van der Waals surface area contributed by atoms with Crippen molar-refractivity contribution >= 4 is 45.0 Å². The fourth-order valence-corrected chi connectivity index (χ4v) is 4.91. The molecule has 1 aromatic heterocycles. The highest BCUT2D eigenvalue weighted by atomic mass is 79.9. The van der Waals surface area contributed by atoms with Gasteiger partial charge in [-0.1, -0.05) is 23.4 Å². The highest BCUT2D eigenvalue weighted by Crippen LogP contribution is 2.35. The van der Waals surface area contributed by atoms with Crippen LogP contribution in [0.5, 0.6) is 0 Å². The predicted molar refractivity (Wildman–Crippen MR) is 122 cm³/mol. The third kappa shape index (κ3) is 5.72. The number of pyridine rings is 1. The van der Waals surface area contributed by atoms with E-state index in [1.807, 2.05) is 6.07 Å². The smallest absolute Gasteiger partial charge is 0.154 e. The minimum Gasteiger partial charge on any atom is -0.394 e. The summed E-state index contributed by atoms with van der Waals surface area (Å²) in [7, 11) is 0. The molecule has 5 N–H and O–H groups in total. The minimum atomic E-state index is -1.38. The second kappa shape index (κ2) is 11.5. The van der Waals surface area contributed by atoms with Gasteiger partial charge in [0.05, 0.1) is 17.1 Å². The van der Waals surface area contributed by atoms with Gasteiger partial charge in [0.2, 0.25) is 0 Å². The van der Waals surface area contributed by atoms with E-state index in [4.69, 9.17) is 27.1 Å². The number of aliphatic hydroxyl groups is 3. The molecule has 0 amide bonds. The number of hydrogen-bond acceptors (Lipinski definition) is 10. The Morgan fingerprint density at radius 2 is 2.03 bits per heavy atom. The molecule has 9 nitrogen and oxygen atoms in total. The van der Waals surface area contributed by atoms with Gasteiger partial charge in [-0.3, -0.25) is 0 Å². The van der Waals surface area contributed by atoms with Crippen LogP contribution in [0.4, 0.5) is 8.78 Å². The third-order valence-corrected chi connectivity index (χ3v) is 6.95. The van der Waals surface area contributed by atoms with Crippen molar-refractivity contribution in [1.29, 1.82) is 10.8 Å². The Morgan fingerprint density at radius 3 is 2.59 bits per heavy atom. The summed E-state index contributed by atoms with van der Waals surface area (Å²) < 4.78 is 33.7. The molecule has 2 heterocycles. The monoisotopic (exact) mass is 575 g/mol. The summed E-state index contributed by atoms with van der Waals surface area (Å²) in [5.41, 5.74) is 6.23. The molecule has 1 saturated heterocycles. The number of benzene rings is 1. The molecule has 0 saturated carbocycles. The number of nitrogens with one attached hydrogen (secondary N) is 2. The molecule has 2 aromatic rings. The topological polar surface area (TPSA) is 155 Å². The Balaban J connectivity index is 1.85. The van der Waals surface area contributed by atoms with Crippen LogP contribution in [0.2, 0.25) is 5.02 Å². The first kappa shape index (κ1) is 26.4. The molecule has 0 radical (unpaired) electrons. The quantitative estimate of drug-likeness (QED) is 0.249. The van der Waals surface area contributed by atoms with E-state index in [0.29, 0.717) is 9.37 Å². The highest BCUT2D eigenvalue weighted by Gasteiger charge is 2.44. The van der Waals surface area contributed by atoms with Crippen LogP contribution >= 0.6 is 39.3 Å². The Morgan fingerprint density at radius 1 is 1.35 bits per heavy atom. The molecule has 3 rings (SSSR count). The summed E-state index contributed by atoms with van der Waals surface area (Å²) >= 11 is 9.75. The Labute approximate surface area is 210 Å². The van der Waals surface area contributed by atoms with Crippen molar-refractivity contribution in [2.24, 2.45) is 5.11 Å². The lowest BCUT2D eigenvalue weighted by Gasteiger charge is -2.42. The summed E-state index contributed by atoms with van der Waals surface area (Å²) in [6.45, 7) is -0.564. The van der Waals surface area contributed by atoms with Gasteiger partial charge >= 0.3 is 0 Å². The van der Waals surface area contributed by atoms with Gasteiger partial charge in [-0.05, 0) is 34.1 Å². The van der Waals surface area contributed by atoms with Crippen LogP contribution in [0.15, 0.2) is 45.1 Å². The van der Waals surface area contributed by atoms with E-state index in [9.17, 15) is 24.1 Å². The Bertz CT molecular complexity index is 1130. The number of nitrogens with zero attached hydrogens (tertiary/aromatic N) is 3. The number of halogens is 4. The average Bonchev–Trinajstić information content (AvgIpc) is 2.81. The lowest BCUT2D eigenvalue weighted by molar-refractivity contribution is -0.164. The Kier molecular flexibility index (Phi) is 8.94. The summed E-state index contributed by atoms with van der Waals surface area (Å²) in [6.07, 6.45) is -1.30. The molecule has 1 fully saturated rings. The van der Waals surface area contributed by atoms with Crippen LogP contribution in [0.1, 0.15) is 11.3 Å². The van der Waals surface area contributed by atoms with Crippen LogP contribution in [0, 0.1) is 28.5 Å². The first-order valence-corrected chi connectivity index (χ1v) is 11.6. The Hall–Kier alpha value is -2.18. The summed E-state index contributed by atoms with van der Waals surface area (Å²) in [4.78, 5) is 4.52. The molecule has 1 aliphatic rings. The van der Waals surface area contributed by atoms with E-state index >= 15 is 0 Å². The van der Waals surface area contributed by atoms with Gasteiger partial charge in [-0.2, -0.15) is 10.4 Å². The van der Waals surface area contributed by atoms with E-state index in [-0.39, 0.29) is 17.0 Å². The molecule has 0 bridgehead atoms. The fraction of sp³-hybridized carbons (Fsp3) is 0.300. The number of hydrogen-bond donors (Lipinski definition) is 5. The van der Waals surface area contributed by atoms with Gasteiger partial charge in [0.25, 0.3) is 0 Å². The first-order valence-electron chi connectivity index (χ1n) is 9.53. The lowest BCUT2D eigenvalue weighted by atomic mass is 9.97. The molecule has 1 aromatic carbocycles. The molecule has 180 valence electrons. The van der Waals surface area contributed by atoms with Crippen LogP contribution in [0.3, 0.4) is 0 Å². The molecule has 0 spiro atoms. The van der Waals surface area contributed by atoms with Gasteiger partial charge in [0, 0.05) is 22.9 Å². The largest absolute Gasteiger partial charge is 0.394 e. The first-order chi connectivity index (χ1) is 16.2. The zero-order valence-electron chi connectivity index (χ0n) is 17.0. The van der Waals surface area contributed by atoms with Crippen molar-refractivity contribution < 1.29 is 28.8 Å². The summed E-state index contributed by atoms with van der Waals surface area (Å²) in [5, 5.41) is 45.3. The van der Waals surface area contributed by atoms with Crippen molar-refractivity contribution in [2.75, 3.05) is 6.61 Å². The van der Waals surface area contributed by atoms with Crippen LogP contribution in [-0.4, -0.2) is 56.7 Å². The van der Waals surface area contributed by atoms with E-state index in [1.165, 1.54) is 6.20 Å². The van der Waals surface area contributed by atoms with Gasteiger partial charge < -0.3 is 25.4 Å². The second-order valence-electron chi connectivity index (χ2n) is 7.03. The van der Waals surface area contributed by atoms with Crippen molar-refractivity contribution in [3.63, 3.8) is 0 Å². The van der Waals surface area contributed by atoms with Gasteiger partial charge in [0.15, 0.2) is 5.69 Å². The SMILES string of the molecule is N#Cc1ncc(S[C@H]2OC(CO)[C@H](O)C(N/C=C(\N=N)c3cc(F)c(Cl)c(F)c3)C2O)cc1Br. The molecule has 3 unspecified atom stereocenters. The normalized spacial score (nSPS) is 25.0. The van der Waals surface area contributed by atoms with Crippen molar-refractivity contribution in [2.45, 2.75) is 34.7 Å². The molecular weight excluding hydrogens is 560 g/mol. The van der Waals surface area contributed by atoms with Crippen LogP contribution < -0.4 is 5.32 Å². The van der Waals surface area contributed by atoms with Gasteiger partial charge in [-0.15, -0.1) is 0 Å². The molecule has 1 aliphatic heterocycles. The van der Waals surface area contributed by atoms with E-state index in [0.717, 1.165) is 30.1 Å². The van der Waals surface area contributed by atoms with Crippen LogP contribution in [0.25, 0.3) is 5.70 Å². The molecule has 14 heteroatoms. The number of aromatic nitrogens is 1. The van der Waals surface area contributed by atoms with Crippen LogP contribution in [-0.2, 0) is 4.74 Å². The average molecular weight is 577 g/mol. The summed E-state index contributed by atoms with van der Waals surface area (Å²) in [6, 6.07) is 4.18. The van der Waals surface area contributed by atoms with Gasteiger partial charge in [0.1, 0.15) is 52.2 Å². The van der Waals surface area contributed by atoms with E-state index < -0.39 is 53.1 Å². The molecule has 34 heavy (non-hydrogen) atoms. The van der Waals surface area contributed by atoms with Crippen molar-refractivity contribution in [3.05, 3.63) is 63.0 Å². The third-order valence-electron chi connectivity index (χ3n) is 4.87. The standard InChI is InChI=1S/C20H17BrClF2N5O4S/c21-10-3-9(5-27-13(10)4-25)34-20-19(32)17(18(31)15(7-30)33-20)28-6-14(29-26)8-1-11(23)16(22)12(24)2-8/h1-3,5-6,15,17-20,26,28,30-32H,7H2/b14-6-,29-26?/t15?,17?,18-,19?,20+/m0/s1. The fourth-order valence-electron chi connectivity index (χ4n) is 3.14. The number of ether oxygens (including phenoxy) is 1. The van der Waals surface area contributed by atoms with Crippen molar-refractivity contribution in [3.8, 4) is 6.07 Å². The highest BCUT2D eigenvalue weighted by molar-refractivity contribution is 9.10. The maximum Gasteiger partial charge on any atom is 0.154 e. The second-order valence-corrected chi connectivity index (χ2v) is 9.43. The molecule has 5 atom stereocenters. The lowest BCUT2D eigenvalue weighted by Crippen LogP contribution is -2.61. The van der Waals surface area contributed by atoms with E-state index in [1.54, 1.807) is 6.07 Å². The molecule has 0 aliphatic carbocycles. The van der Waals surface area contributed by atoms with Gasteiger partial charge in [-0.25, -0.2) is 19.3 Å². The number of rotatable bonds is 7. The number of aliphatic hydroxyl groups excluding tert-OH is 3. The van der Waals surface area contributed by atoms with Crippen molar-refractivity contribution in [1.82, 2.24) is 10.3 Å². The van der Waals surface area contributed by atoms with E-state index in [2.05, 4.69) is 31.3 Å². The summed E-state index contributed by atoms with van der Waals surface area (Å²) in [5.74, 6) is -2.09. The number of nitriles is 1. The molecular formula is C20H17BrClF2N5O4S. The maximum atomic E-state index is 13.8. The zero-order valence-corrected chi connectivity index (χ0v) is 20.2. The maximum absolute atomic E-state index is 13.8.